The molecule has 0 atom stereocenters. The number of rotatable bonds is 6. The highest BCUT2D eigenvalue weighted by Crippen LogP contribution is 2.31. The van der Waals surface area contributed by atoms with Gasteiger partial charge in [0.15, 0.2) is 5.69 Å². The standard InChI is InChI=1S/C27H21N3O4S/c1-2-34-27(33)24-21-16-35-25(23(21)26(32)30(29-24)19-12-4-3-5-13-19)28-22(31)15-18-11-8-10-17-9-6-7-14-20(17)18/h3-14,16H,2,15H2,1H3,(H,28,31). The van der Waals surface area contributed by atoms with Crippen LogP contribution in [-0.4, -0.2) is 28.3 Å². The number of para-hydroxylation sites is 1. The summed E-state index contributed by atoms with van der Waals surface area (Å²) in [5.41, 5.74) is 0.985. The number of carbonyl (C=O) groups excluding carboxylic acids is 2. The van der Waals surface area contributed by atoms with Gasteiger partial charge >= 0.3 is 5.97 Å². The zero-order valence-corrected chi connectivity index (χ0v) is 19.7. The number of benzene rings is 3. The van der Waals surface area contributed by atoms with Crippen LogP contribution in [0.1, 0.15) is 23.0 Å². The van der Waals surface area contributed by atoms with Crippen molar-refractivity contribution in [2.75, 3.05) is 11.9 Å². The number of thiophene rings is 1. The summed E-state index contributed by atoms with van der Waals surface area (Å²) in [6.07, 6.45) is 0.142. The maximum atomic E-state index is 13.5. The van der Waals surface area contributed by atoms with Gasteiger partial charge in [-0.1, -0.05) is 60.7 Å². The fourth-order valence-electron chi connectivity index (χ4n) is 4.03. The molecule has 0 saturated carbocycles. The van der Waals surface area contributed by atoms with Gasteiger partial charge in [-0.25, -0.2) is 4.79 Å². The van der Waals surface area contributed by atoms with Crippen molar-refractivity contribution < 1.29 is 14.3 Å². The summed E-state index contributed by atoms with van der Waals surface area (Å²) < 4.78 is 6.35. The first-order valence-electron chi connectivity index (χ1n) is 11.1. The molecule has 1 amide bonds. The molecule has 0 radical (unpaired) electrons. The van der Waals surface area contributed by atoms with Gasteiger partial charge in [0.05, 0.1) is 24.1 Å². The van der Waals surface area contributed by atoms with E-state index in [0.29, 0.717) is 16.1 Å². The van der Waals surface area contributed by atoms with Gasteiger partial charge in [-0.3, -0.25) is 9.59 Å². The minimum atomic E-state index is -0.631. The van der Waals surface area contributed by atoms with Gasteiger partial charge in [-0.2, -0.15) is 9.78 Å². The first-order chi connectivity index (χ1) is 17.1. The average molecular weight is 484 g/mol. The quantitative estimate of drug-likeness (QED) is 0.345. The van der Waals surface area contributed by atoms with Crippen LogP contribution < -0.4 is 10.9 Å². The number of nitrogens with one attached hydrogen (secondary N) is 1. The van der Waals surface area contributed by atoms with E-state index in [1.165, 1.54) is 16.0 Å². The Bertz CT molecular complexity index is 1620. The molecule has 2 aromatic heterocycles. The van der Waals surface area contributed by atoms with Crippen LogP contribution >= 0.6 is 11.3 Å². The number of fused-ring (bicyclic) bond motifs is 2. The lowest BCUT2D eigenvalue weighted by atomic mass is 10.0. The number of anilines is 1. The van der Waals surface area contributed by atoms with Gasteiger partial charge in [-0.05, 0) is 35.4 Å². The minimum Gasteiger partial charge on any atom is -0.461 e. The summed E-state index contributed by atoms with van der Waals surface area (Å²) in [6.45, 7) is 1.88. The molecule has 8 heteroatoms. The molecular formula is C27H21N3O4S. The van der Waals surface area contributed by atoms with Crippen LogP contribution in [0.3, 0.4) is 0 Å². The Labute approximate surface area is 204 Å². The van der Waals surface area contributed by atoms with E-state index < -0.39 is 11.5 Å². The maximum Gasteiger partial charge on any atom is 0.359 e. The number of hydrogen-bond acceptors (Lipinski definition) is 6. The lowest BCUT2D eigenvalue weighted by molar-refractivity contribution is -0.115. The Morgan fingerprint density at radius 3 is 2.51 bits per heavy atom. The summed E-state index contributed by atoms with van der Waals surface area (Å²) in [7, 11) is 0. The highest BCUT2D eigenvalue weighted by molar-refractivity contribution is 7.16. The van der Waals surface area contributed by atoms with Crippen LogP contribution in [0.25, 0.3) is 27.2 Å². The Kier molecular flexibility index (Phi) is 6.12. The fourth-order valence-corrected chi connectivity index (χ4v) is 4.98. The van der Waals surface area contributed by atoms with Crippen molar-refractivity contribution in [1.29, 1.82) is 0 Å². The molecule has 0 unspecified atom stereocenters. The van der Waals surface area contributed by atoms with Crippen molar-refractivity contribution >= 4 is 49.8 Å². The molecule has 0 aliphatic rings. The van der Waals surface area contributed by atoms with Crippen molar-refractivity contribution in [2.45, 2.75) is 13.3 Å². The molecule has 0 spiro atoms. The maximum absolute atomic E-state index is 13.5. The third-order valence-electron chi connectivity index (χ3n) is 5.61. The van der Waals surface area contributed by atoms with E-state index in [0.717, 1.165) is 16.3 Å². The molecule has 35 heavy (non-hydrogen) atoms. The lowest BCUT2D eigenvalue weighted by Crippen LogP contribution is -2.25. The SMILES string of the molecule is CCOC(=O)c1nn(-c2ccccc2)c(=O)c2c(NC(=O)Cc3cccc4ccccc34)scc12. The van der Waals surface area contributed by atoms with Crippen molar-refractivity contribution in [1.82, 2.24) is 9.78 Å². The van der Waals surface area contributed by atoms with Crippen LogP contribution in [0, 0.1) is 0 Å². The zero-order valence-electron chi connectivity index (χ0n) is 18.9. The summed E-state index contributed by atoms with van der Waals surface area (Å²) in [5.74, 6) is -0.890. The van der Waals surface area contributed by atoms with Gasteiger partial charge < -0.3 is 10.1 Å². The van der Waals surface area contributed by atoms with Crippen molar-refractivity contribution in [3.8, 4) is 5.69 Å². The van der Waals surface area contributed by atoms with Crippen LogP contribution in [0.15, 0.2) is 83.0 Å². The summed E-state index contributed by atoms with van der Waals surface area (Å²) in [6, 6.07) is 22.5. The van der Waals surface area contributed by atoms with E-state index in [1.807, 2.05) is 48.5 Å². The van der Waals surface area contributed by atoms with E-state index in [-0.39, 0.29) is 30.0 Å². The van der Waals surface area contributed by atoms with Crippen LogP contribution in [-0.2, 0) is 16.0 Å². The largest absolute Gasteiger partial charge is 0.461 e. The van der Waals surface area contributed by atoms with Gasteiger partial charge in [-0.15, -0.1) is 11.3 Å². The first-order valence-corrected chi connectivity index (χ1v) is 12.0. The highest BCUT2D eigenvalue weighted by Gasteiger charge is 2.23. The number of aromatic nitrogens is 2. The van der Waals surface area contributed by atoms with Crippen LogP contribution in [0.2, 0.25) is 0 Å². The molecule has 0 aliphatic carbocycles. The molecule has 0 saturated heterocycles. The lowest BCUT2D eigenvalue weighted by Gasteiger charge is -2.10. The predicted octanol–water partition coefficient (Wildman–Crippen LogP) is 4.96. The second kappa shape index (κ2) is 9.52. The molecule has 0 aliphatic heterocycles. The molecule has 5 aromatic rings. The smallest absolute Gasteiger partial charge is 0.359 e. The van der Waals surface area contributed by atoms with Crippen LogP contribution in [0.5, 0.6) is 0 Å². The monoisotopic (exact) mass is 483 g/mol. The summed E-state index contributed by atoms with van der Waals surface area (Å²) >= 11 is 1.18. The Morgan fingerprint density at radius 1 is 0.971 bits per heavy atom. The van der Waals surface area contributed by atoms with Crippen molar-refractivity contribution in [2.24, 2.45) is 0 Å². The molecular weight excluding hydrogens is 462 g/mol. The third kappa shape index (κ3) is 4.31. The second-order valence-corrected chi connectivity index (χ2v) is 8.72. The molecule has 2 heterocycles. The normalized spacial score (nSPS) is 11.0. The topological polar surface area (TPSA) is 90.3 Å². The van der Waals surface area contributed by atoms with E-state index in [2.05, 4.69) is 10.4 Å². The Hall–Kier alpha value is -4.30. The molecule has 3 aromatic carbocycles. The van der Waals surface area contributed by atoms with E-state index >= 15 is 0 Å². The average Bonchev–Trinajstić information content (AvgIpc) is 3.29. The zero-order chi connectivity index (χ0) is 24.4. The van der Waals surface area contributed by atoms with Gasteiger partial charge in [0.2, 0.25) is 5.91 Å². The molecule has 7 nitrogen and oxygen atoms in total. The number of hydrogen-bond donors (Lipinski definition) is 1. The summed E-state index contributed by atoms with van der Waals surface area (Å²) in [4.78, 5) is 39.2. The van der Waals surface area contributed by atoms with E-state index in [9.17, 15) is 14.4 Å². The Balaban J connectivity index is 1.56. The Morgan fingerprint density at radius 2 is 1.71 bits per heavy atom. The number of esters is 1. The molecule has 174 valence electrons. The van der Waals surface area contributed by atoms with Gasteiger partial charge in [0, 0.05) is 10.8 Å². The molecule has 1 N–H and O–H groups in total. The highest BCUT2D eigenvalue weighted by atomic mass is 32.1. The van der Waals surface area contributed by atoms with Gasteiger partial charge in [0.1, 0.15) is 5.00 Å². The van der Waals surface area contributed by atoms with Crippen LogP contribution in [0.4, 0.5) is 5.00 Å². The number of amides is 1. The van der Waals surface area contributed by atoms with E-state index in [1.54, 1.807) is 36.6 Å². The summed E-state index contributed by atoms with van der Waals surface area (Å²) in [5, 5.41) is 11.8. The predicted molar refractivity (Wildman–Crippen MR) is 137 cm³/mol. The molecule has 5 rings (SSSR count). The number of carbonyl (C=O) groups is 2. The second-order valence-electron chi connectivity index (χ2n) is 7.84. The first kappa shape index (κ1) is 22.5. The fraction of sp³-hybridized carbons (Fsp3) is 0.111. The number of ether oxygens (including phenoxy) is 1. The molecule has 0 bridgehead atoms. The minimum absolute atomic E-state index is 0.0242. The molecule has 0 fully saturated rings. The third-order valence-corrected chi connectivity index (χ3v) is 6.50. The van der Waals surface area contributed by atoms with Crippen molar-refractivity contribution in [3.63, 3.8) is 0 Å². The van der Waals surface area contributed by atoms with Crippen molar-refractivity contribution in [3.05, 3.63) is 99.8 Å². The number of nitrogens with zero attached hydrogens (tertiary/aromatic N) is 2. The van der Waals surface area contributed by atoms with E-state index in [4.69, 9.17) is 4.74 Å². The van der Waals surface area contributed by atoms with Gasteiger partial charge in [0.25, 0.3) is 5.56 Å².